The zero-order valence-corrected chi connectivity index (χ0v) is 29.4. The van der Waals surface area contributed by atoms with E-state index in [1.807, 2.05) is 18.6 Å². The number of aliphatic imine (C=N–C) groups is 1. The van der Waals surface area contributed by atoms with Gasteiger partial charge in [-0.05, 0) is 60.2 Å². The van der Waals surface area contributed by atoms with E-state index >= 15 is 0 Å². The Morgan fingerprint density at radius 3 is 2.41 bits per heavy atom. The Labute approximate surface area is 277 Å². The summed E-state index contributed by atoms with van der Waals surface area (Å²) < 4.78 is 0. The van der Waals surface area contributed by atoms with Gasteiger partial charge in [-0.25, -0.2) is 0 Å². The fraction of sp³-hybridized carbons (Fsp3) is 0.462. The van der Waals surface area contributed by atoms with E-state index in [4.69, 9.17) is 15.3 Å². The van der Waals surface area contributed by atoms with E-state index < -0.39 is 0 Å². The van der Waals surface area contributed by atoms with Gasteiger partial charge in [0.2, 0.25) is 0 Å². The molecule has 4 nitrogen and oxygen atoms in total. The molecule has 5 heteroatoms. The van der Waals surface area contributed by atoms with Crippen LogP contribution in [0.1, 0.15) is 109 Å². The standard InChI is InChI=1S/C22H17N2.C17H29N2.Ir/c1-13-10-15-7-9-24-21-16-5-4-14-6-8-23-12-17(14)20(16)22(2,3)18(11-13)19(15)21;1-14(18-16-9-5-3-6-10-16)13-15(2)19-17-11-7-4-8-12-17;/h4,6-12H,1-3H3;13,16-17H,3-12H2,1-2H3;/q2*-1;/b;14-13-,19-15?;. The molecule has 2 aromatic carbocycles. The van der Waals surface area contributed by atoms with Crippen molar-refractivity contribution in [2.45, 2.75) is 116 Å². The van der Waals surface area contributed by atoms with Crippen LogP contribution in [0.25, 0.3) is 38.1 Å². The van der Waals surface area contributed by atoms with Crippen molar-refractivity contribution < 1.29 is 20.1 Å². The smallest absolute Gasteiger partial charge is 0.0502 e. The zero-order valence-electron chi connectivity index (χ0n) is 27.0. The first-order chi connectivity index (χ1) is 20.8. The molecule has 0 bridgehead atoms. The number of pyridine rings is 2. The summed E-state index contributed by atoms with van der Waals surface area (Å²) in [5.74, 6) is 0. The summed E-state index contributed by atoms with van der Waals surface area (Å²) in [4.78, 5) is 14.0. The van der Waals surface area contributed by atoms with Crippen LogP contribution in [-0.2, 0) is 25.5 Å². The summed E-state index contributed by atoms with van der Waals surface area (Å²) in [6.45, 7) is 11.0. The second-order valence-electron chi connectivity index (χ2n) is 13.5. The molecule has 44 heavy (non-hydrogen) atoms. The van der Waals surface area contributed by atoms with E-state index in [1.165, 1.54) is 114 Å². The summed E-state index contributed by atoms with van der Waals surface area (Å²) in [5.41, 5.74) is 8.30. The van der Waals surface area contributed by atoms with E-state index in [-0.39, 0.29) is 25.5 Å². The Hall–Kier alpha value is -2.88. The monoisotopic (exact) mass is 763 g/mol. The number of hydrogen-bond donors (Lipinski definition) is 0. The average molecular weight is 763 g/mol. The van der Waals surface area contributed by atoms with Crippen LogP contribution < -0.4 is 0 Å². The van der Waals surface area contributed by atoms with Crippen molar-refractivity contribution in [3.8, 4) is 11.3 Å². The van der Waals surface area contributed by atoms with Crippen molar-refractivity contribution in [3.05, 3.63) is 88.8 Å². The van der Waals surface area contributed by atoms with Gasteiger partial charge in [-0.3, -0.25) is 9.98 Å². The van der Waals surface area contributed by atoms with Gasteiger partial charge in [0.1, 0.15) is 0 Å². The molecule has 1 radical (unpaired) electrons. The largest absolute Gasteiger partial charge is 0.685 e. The fourth-order valence-electron chi connectivity index (χ4n) is 7.59. The molecule has 0 N–H and O–H groups in total. The second kappa shape index (κ2) is 14.0. The van der Waals surface area contributed by atoms with Gasteiger partial charge in [0.15, 0.2) is 0 Å². The maximum absolute atomic E-state index is 4.85. The van der Waals surface area contributed by atoms with Crippen molar-refractivity contribution in [2.75, 3.05) is 0 Å². The molecular weight excluding hydrogens is 717 g/mol. The first-order valence-electron chi connectivity index (χ1n) is 16.4. The Bertz CT molecular complexity index is 1670. The molecule has 0 spiro atoms. The number of aryl methyl sites for hydroxylation is 1. The Morgan fingerprint density at radius 2 is 1.66 bits per heavy atom. The van der Waals surface area contributed by atoms with E-state index in [9.17, 15) is 0 Å². The maximum Gasteiger partial charge on any atom is 0.0502 e. The molecule has 0 saturated heterocycles. The molecule has 7 rings (SSSR count). The molecule has 2 heterocycles. The Balaban J connectivity index is 0.000000176. The van der Waals surface area contributed by atoms with Gasteiger partial charge >= 0.3 is 0 Å². The van der Waals surface area contributed by atoms with Gasteiger partial charge in [-0.2, -0.15) is 5.70 Å². The summed E-state index contributed by atoms with van der Waals surface area (Å²) >= 11 is 0. The minimum absolute atomic E-state index is 0. The van der Waals surface area contributed by atoms with E-state index in [0.29, 0.717) is 12.1 Å². The molecule has 2 fully saturated rings. The van der Waals surface area contributed by atoms with Crippen molar-refractivity contribution >= 4 is 27.3 Å². The van der Waals surface area contributed by atoms with Crippen LogP contribution in [-0.4, -0.2) is 27.8 Å². The molecular formula is C39H46IrN4-2. The molecule has 4 aromatic rings. The average Bonchev–Trinajstić information content (AvgIpc) is 3.00. The molecule has 0 aliphatic heterocycles. The normalized spacial score (nSPS) is 18.7. The minimum Gasteiger partial charge on any atom is -0.685 e. The third-order valence-corrected chi connectivity index (χ3v) is 9.63. The number of benzene rings is 2. The zero-order chi connectivity index (χ0) is 30.0. The van der Waals surface area contributed by atoms with Crippen LogP contribution in [0.2, 0.25) is 0 Å². The van der Waals surface area contributed by atoms with Crippen LogP contribution in [0.15, 0.2) is 65.7 Å². The topological polar surface area (TPSA) is 52.2 Å². The summed E-state index contributed by atoms with van der Waals surface area (Å²) in [5, 5.41) is 9.75. The Kier molecular flexibility index (Phi) is 10.4. The van der Waals surface area contributed by atoms with E-state index in [2.05, 4.69) is 82.1 Å². The molecule has 2 saturated carbocycles. The summed E-state index contributed by atoms with van der Waals surface area (Å²) in [6, 6.07) is 15.4. The van der Waals surface area contributed by atoms with E-state index in [1.54, 1.807) is 0 Å². The number of aromatic nitrogens is 2. The summed E-state index contributed by atoms with van der Waals surface area (Å²) in [6.07, 6.45) is 21.3. The predicted octanol–water partition coefficient (Wildman–Crippen LogP) is 10.6. The Morgan fingerprint density at radius 1 is 0.955 bits per heavy atom. The van der Waals surface area contributed by atoms with Crippen LogP contribution in [0.3, 0.4) is 0 Å². The van der Waals surface area contributed by atoms with Gasteiger partial charge < -0.3 is 10.3 Å². The first kappa shape index (κ1) is 32.5. The molecule has 0 atom stereocenters. The molecule has 0 amide bonds. The van der Waals surface area contributed by atoms with Crippen LogP contribution >= 0.6 is 0 Å². The molecule has 3 aliphatic rings. The van der Waals surface area contributed by atoms with Gasteiger partial charge in [-0.15, -0.1) is 29.3 Å². The van der Waals surface area contributed by atoms with Gasteiger partial charge in [-0.1, -0.05) is 113 Å². The fourth-order valence-corrected chi connectivity index (χ4v) is 7.59. The molecule has 2 aromatic heterocycles. The minimum atomic E-state index is -0.116. The first-order valence-corrected chi connectivity index (χ1v) is 16.4. The van der Waals surface area contributed by atoms with Crippen LogP contribution in [0.4, 0.5) is 0 Å². The van der Waals surface area contributed by atoms with Crippen molar-refractivity contribution in [3.63, 3.8) is 0 Å². The third kappa shape index (κ3) is 6.85. The van der Waals surface area contributed by atoms with Crippen molar-refractivity contribution in [2.24, 2.45) is 4.99 Å². The maximum atomic E-state index is 4.85. The number of rotatable bonds is 4. The quantitative estimate of drug-likeness (QED) is 0.154. The van der Waals surface area contributed by atoms with E-state index in [0.717, 1.165) is 11.3 Å². The van der Waals surface area contributed by atoms with Crippen molar-refractivity contribution in [1.82, 2.24) is 9.97 Å². The third-order valence-electron chi connectivity index (χ3n) is 9.63. The molecule has 233 valence electrons. The van der Waals surface area contributed by atoms with Crippen LogP contribution in [0, 0.1) is 13.0 Å². The number of hydrogen-bond acceptors (Lipinski definition) is 3. The molecule has 0 unspecified atom stereocenters. The van der Waals surface area contributed by atoms with Crippen molar-refractivity contribution in [1.29, 1.82) is 0 Å². The van der Waals surface area contributed by atoms with Gasteiger partial charge in [0.25, 0.3) is 0 Å². The summed E-state index contributed by atoms with van der Waals surface area (Å²) in [7, 11) is 0. The SMILES string of the molecule is CC(/C=C(/C)[N-]C1CCCCC1)=NC1CCCCC1.Cc1cc2c3c(nccc3c1)-c1[c-]cc3ccncc3c1C2(C)C.[Ir]. The number of allylic oxidation sites excluding steroid dienone is 2. The van der Waals surface area contributed by atoms with Gasteiger partial charge in [0.05, 0.1) is 6.04 Å². The second-order valence-corrected chi connectivity index (χ2v) is 13.5. The van der Waals surface area contributed by atoms with Gasteiger partial charge in [0, 0.05) is 44.4 Å². The molecule has 3 aliphatic carbocycles. The number of fused-ring (bicyclic) bond motifs is 4. The van der Waals surface area contributed by atoms with Crippen LogP contribution in [0.5, 0.6) is 0 Å². The number of nitrogens with zero attached hydrogens (tertiary/aromatic N) is 4. The predicted molar refractivity (Wildman–Crippen MR) is 182 cm³/mol.